The van der Waals surface area contributed by atoms with Crippen LogP contribution >= 0.6 is 12.2 Å². The van der Waals surface area contributed by atoms with E-state index in [-0.39, 0.29) is 6.61 Å². The lowest BCUT2D eigenvalue weighted by atomic mass is 10.2. The third-order valence-electron chi connectivity index (χ3n) is 2.05. The third-order valence-corrected chi connectivity index (χ3v) is 2.28. The zero-order valence-corrected chi connectivity index (χ0v) is 11.7. The number of primary amides is 1. The van der Waals surface area contributed by atoms with Gasteiger partial charge in [0.2, 0.25) is 0 Å². The molecular weight excluding hydrogens is 276 g/mol. The fourth-order valence-electron chi connectivity index (χ4n) is 1.17. The van der Waals surface area contributed by atoms with Gasteiger partial charge >= 0.3 is 0 Å². The quantitative estimate of drug-likeness (QED) is 0.295. The molecule has 1 aromatic rings. The van der Waals surface area contributed by atoms with Crippen molar-refractivity contribution in [1.82, 2.24) is 10.7 Å². The van der Waals surface area contributed by atoms with E-state index >= 15 is 0 Å². The molecule has 7 heteroatoms. The molecule has 0 aliphatic carbocycles. The number of nitrogens with two attached hydrogens (primary N) is 1. The van der Waals surface area contributed by atoms with Crippen LogP contribution in [0.3, 0.4) is 0 Å². The molecule has 0 heterocycles. The first-order valence-electron chi connectivity index (χ1n) is 5.81. The zero-order chi connectivity index (χ0) is 14.8. The van der Waals surface area contributed by atoms with E-state index in [0.717, 1.165) is 5.56 Å². The number of carbonyl (C=O) groups is 1. The number of rotatable bonds is 7. The van der Waals surface area contributed by atoms with Gasteiger partial charge in [0.1, 0.15) is 5.75 Å². The van der Waals surface area contributed by atoms with Crippen molar-refractivity contribution in [3.05, 3.63) is 42.5 Å². The fraction of sp³-hybridized carbons (Fsp3) is 0.154. The maximum atomic E-state index is 10.6. The molecule has 0 saturated heterocycles. The lowest BCUT2D eigenvalue weighted by Gasteiger charge is -2.04. The summed E-state index contributed by atoms with van der Waals surface area (Å²) in [5, 5.41) is 7.27. The summed E-state index contributed by atoms with van der Waals surface area (Å²) in [5.74, 6) is 0.0532. The number of nitrogens with one attached hydrogen (secondary N) is 2. The molecule has 1 aromatic carbocycles. The highest BCUT2D eigenvalue weighted by molar-refractivity contribution is 7.80. The highest BCUT2D eigenvalue weighted by atomic mass is 32.1. The topological polar surface area (TPSA) is 88.7 Å². The molecule has 0 aromatic heterocycles. The van der Waals surface area contributed by atoms with E-state index in [4.69, 9.17) is 22.7 Å². The molecule has 1 rings (SSSR count). The van der Waals surface area contributed by atoms with Crippen LogP contribution in [0.2, 0.25) is 0 Å². The minimum absolute atomic E-state index is 0.141. The fourth-order valence-corrected chi connectivity index (χ4v) is 1.31. The van der Waals surface area contributed by atoms with Gasteiger partial charge in [-0.2, -0.15) is 5.10 Å². The SMILES string of the molecule is C=CCNC(=S)N/N=C/c1ccc(OCC(N)=O)cc1. The average Bonchev–Trinajstić information content (AvgIpc) is 2.44. The molecule has 4 N–H and O–H groups in total. The average molecular weight is 292 g/mol. The Labute approximate surface area is 122 Å². The van der Waals surface area contributed by atoms with E-state index in [1.54, 1.807) is 36.6 Å². The molecule has 0 spiro atoms. The summed E-state index contributed by atoms with van der Waals surface area (Å²) in [6.07, 6.45) is 3.31. The first-order chi connectivity index (χ1) is 9.61. The number of hydrogen-bond donors (Lipinski definition) is 3. The molecule has 0 radical (unpaired) electrons. The Balaban J connectivity index is 2.42. The number of hydrazone groups is 1. The lowest BCUT2D eigenvalue weighted by molar-refractivity contribution is -0.119. The molecule has 0 bridgehead atoms. The van der Waals surface area contributed by atoms with Crippen molar-refractivity contribution in [2.24, 2.45) is 10.8 Å². The van der Waals surface area contributed by atoms with Crippen molar-refractivity contribution in [2.75, 3.05) is 13.2 Å². The number of hydrogen-bond acceptors (Lipinski definition) is 4. The van der Waals surface area contributed by atoms with E-state index in [1.807, 2.05) is 0 Å². The van der Waals surface area contributed by atoms with Crippen LogP contribution in [0.5, 0.6) is 5.75 Å². The maximum absolute atomic E-state index is 10.6. The van der Waals surface area contributed by atoms with Gasteiger partial charge in [0.05, 0.1) is 6.21 Å². The van der Waals surface area contributed by atoms with E-state index in [1.165, 1.54) is 0 Å². The van der Waals surface area contributed by atoms with Crippen molar-refractivity contribution < 1.29 is 9.53 Å². The first kappa shape index (κ1) is 15.6. The van der Waals surface area contributed by atoms with Crippen molar-refractivity contribution in [3.8, 4) is 5.75 Å². The number of carbonyl (C=O) groups excluding carboxylic acids is 1. The number of amides is 1. The van der Waals surface area contributed by atoms with Crippen LogP contribution in [0.25, 0.3) is 0 Å². The molecule has 0 aliphatic rings. The molecule has 1 amide bonds. The third kappa shape index (κ3) is 6.50. The van der Waals surface area contributed by atoms with E-state index < -0.39 is 5.91 Å². The summed E-state index contributed by atoms with van der Waals surface area (Å²) in [4.78, 5) is 10.6. The predicted octanol–water partition coefficient (Wildman–Crippen LogP) is 0.535. The summed E-state index contributed by atoms with van der Waals surface area (Å²) in [6.45, 7) is 4.00. The number of ether oxygens (including phenoxy) is 1. The molecule has 0 atom stereocenters. The van der Waals surface area contributed by atoms with Crippen LogP contribution in [0.4, 0.5) is 0 Å². The van der Waals surface area contributed by atoms with Gasteiger partial charge in [0.25, 0.3) is 5.91 Å². The lowest BCUT2D eigenvalue weighted by Crippen LogP contribution is -2.31. The summed E-state index contributed by atoms with van der Waals surface area (Å²) in [5.41, 5.74) is 8.51. The molecule has 20 heavy (non-hydrogen) atoms. The Morgan fingerprint density at radius 3 is 2.75 bits per heavy atom. The Morgan fingerprint density at radius 2 is 2.15 bits per heavy atom. The summed E-state index contributed by atoms with van der Waals surface area (Å²) >= 11 is 4.97. The van der Waals surface area contributed by atoms with Crippen molar-refractivity contribution >= 4 is 29.5 Å². The van der Waals surface area contributed by atoms with Gasteiger partial charge < -0.3 is 15.8 Å². The second-order valence-electron chi connectivity index (χ2n) is 3.69. The first-order valence-corrected chi connectivity index (χ1v) is 6.21. The summed E-state index contributed by atoms with van der Waals surface area (Å²) < 4.78 is 5.13. The Hall–Kier alpha value is -2.41. The predicted molar refractivity (Wildman–Crippen MR) is 82.7 cm³/mol. The van der Waals surface area contributed by atoms with Gasteiger partial charge in [-0.3, -0.25) is 10.2 Å². The summed E-state index contributed by atoms with van der Waals surface area (Å²) in [7, 11) is 0. The van der Waals surface area contributed by atoms with Gasteiger partial charge in [-0.1, -0.05) is 6.08 Å². The van der Waals surface area contributed by atoms with E-state index in [2.05, 4.69) is 22.4 Å². The van der Waals surface area contributed by atoms with Crippen LogP contribution in [0.1, 0.15) is 5.56 Å². The van der Waals surface area contributed by atoms with Gasteiger partial charge in [-0.15, -0.1) is 6.58 Å². The smallest absolute Gasteiger partial charge is 0.255 e. The van der Waals surface area contributed by atoms with Gasteiger partial charge in [0.15, 0.2) is 11.7 Å². The zero-order valence-electron chi connectivity index (χ0n) is 10.8. The molecule has 0 saturated carbocycles. The molecule has 0 aliphatic heterocycles. The highest BCUT2D eigenvalue weighted by Gasteiger charge is 1.97. The molecule has 0 fully saturated rings. The minimum Gasteiger partial charge on any atom is -0.484 e. The Bertz CT molecular complexity index is 500. The van der Waals surface area contributed by atoms with Crippen LogP contribution in [0.15, 0.2) is 42.0 Å². The van der Waals surface area contributed by atoms with E-state index in [9.17, 15) is 4.79 Å². The monoisotopic (exact) mass is 292 g/mol. The standard InChI is InChI=1S/C13H16N4O2S/c1-2-7-15-13(20)17-16-8-10-3-5-11(6-4-10)19-9-12(14)18/h2-6,8H,1,7,9H2,(H2,14,18)(H2,15,17,20)/b16-8+. The molecular formula is C13H16N4O2S. The van der Waals surface area contributed by atoms with Gasteiger partial charge in [-0.25, -0.2) is 0 Å². The normalized spacial score (nSPS) is 10.0. The van der Waals surface area contributed by atoms with Crippen LogP contribution in [-0.2, 0) is 4.79 Å². The van der Waals surface area contributed by atoms with Gasteiger partial charge in [-0.05, 0) is 42.0 Å². The second-order valence-corrected chi connectivity index (χ2v) is 4.10. The van der Waals surface area contributed by atoms with Crippen LogP contribution in [0, 0.1) is 0 Å². The van der Waals surface area contributed by atoms with Gasteiger partial charge in [0, 0.05) is 6.54 Å². The van der Waals surface area contributed by atoms with Crippen molar-refractivity contribution in [3.63, 3.8) is 0 Å². The number of thiocarbonyl (C=S) groups is 1. The van der Waals surface area contributed by atoms with Crippen molar-refractivity contribution in [1.29, 1.82) is 0 Å². The minimum atomic E-state index is -0.514. The number of nitrogens with zero attached hydrogens (tertiary/aromatic N) is 1. The Morgan fingerprint density at radius 1 is 1.45 bits per heavy atom. The maximum Gasteiger partial charge on any atom is 0.255 e. The number of benzene rings is 1. The van der Waals surface area contributed by atoms with E-state index in [0.29, 0.717) is 17.4 Å². The molecule has 0 unspecified atom stereocenters. The van der Waals surface area contributed by atoms with Crippen LogP contribution < -0.4 is 21.2 Å². The Kier molecular flexibility index (Phi) is 6.77. The summed E-state index contributed by atoms with van der Waals surface area (Å²) in [6, 6.07) is 7.03. The van der Waals surface area contributed by atoms with Crippen molar-refractivity contribution in [2.45, 2.75) is 0 Å². The molecule has 106 valence electrons. The highest BCUT2D eigenvalue weighted by Crippen LogP contribution is 2.10. The second kappa shape index (κ2) is 8.65. The van der Waals surface area contributed by atoms with Crippen LogP contribution in [-0.4, -0.2) is 30.4 Å². The molecule has 6 nitrogen and oxygen atoms in total. The largest absolute Gasteiger partial charge is 0.484 e.